The average molecular weight is 972 g/mol. The monoisotopic (exact) mass is 971 g/mol. The normalized spacial score (nSPS) is 21.3. The maximum Gasteiger partial charge on any atom is 0.417 e. The van der Waals surface area contributed by atoms with E-state index in [9.17, 15) is 30.4 Å². The van der Waals surface area contributed by atoms with Crippen molar-refractivity contribution in [3.05, 3.63) is 142 Å². The van der Waals surface area contributed by atoms with Crippen LogP contribution in [0, 0.1) is 39.2 Å². The van der Waals surface area contributed by atoms with Gasteiger partial charge in [0.2, 0.25) is 5.79 Å². The van der Waals surface area contributed by atoms with Gasteiger partial charge in [-0.3, -0.25) is 20.2 Å². The lowest BCUT2D eigenvalue weighted by molar-refractivity contribution is -0.384. The molecular formula is C54H61N5O12. The highest BCUT2D eigenvalue weighted by atomic mass is 16.7. The zero-order chi connectivity index (χ0) is 50.5. The van der Waals surface area contributed by atoms with Gasteiger partial charge in [-0.15, -0.1) is 6.58 Å². The SMILES string of the molecule is C=CCO[C@@]12Oc3ccc(OC(=O)Nc4ccc(OC)cc4OC)cc3[C@H]3[C@H](CCCCO)[C@@H](CCCCO)C=C(C(=NOCc4ccc([N+](=O)[O-])cc4)C[C@@H]1N(CCC)C(=O)c1ccc(C#N)cc1)[C@H]32. The fourth-order valence-corrected chi connectivity index (χ4v) is 10.2. The van der Waals surface area contributed by atoms with E-state index in [4.69, 9.17) is 33.7 Å². The molecule has 3 aliphatic rings. The molecule has 1 saturated carbocycles. The first-order chi connectivity index (χ1) is 34.5. The van der Waals surface area contributed by atoms with Crippen LogP contribution in [0.2, 0.25) is 0 Å². The summed E-state index contributed by atoms with van der Waals surface area (Å²) < 4.78 is 31.3. The summed E-state index contributed by atoms with van der Waals surface area (Å²) in [6, 6.07) is 24.0. The third kappa shape index (κ3) is 11.5. The van der Waals surface area contributed by atoms with Gasteiger partial charge in [-0.25, -0.2) is 4.79 Å². The lowest BCUT2D eigenvalue weighted by Gasteiger charge is -2.60. The van der Waals surface area contributed by atoms with Gasteiger partial charge in [-0.05, 0) is 122 Å². The number of anilines is 1. The number of non-ortho nitro benzene ring substituents is 1. The number of oxime groups is 1. The number of carbonyl (C=O) groups excluding carboxylic acids is 2. The Morgan fingerprint density at radius 1 is 0.986 bits per heavy atom. The van der Waals surface area contributed by atoms with Crippen molar-refractivity contribution in [3.63, 3.8) is 0 Å². The molecule has 2 aliphatic carbocycles. The van der Waals surface area contributed by atoms with Crippen molar-refractivity contribution < 1.29 is 53.2 Å². The molecule has 0 saturated heterocycles. The van der Waals surface area contributed by atoms with E-state index in [0.29, 0.717) is 90.3 Å². The van der Waals surface area contributed by atoms with Gasteiger partial charge in [-0.1, -0.05) is 37.1 Å². The van der Waals surface area contributed by atoms with Crippen molar-refractivity contribution in [1.29, 1.82) is 5.26 Å². The number of fused-ring (bicyclic) bond motifs is 2. The Bertz CT molecular complexity index is 2630. The Kier molecular flexibility index (Phi) is 17.5. The Morgan fingerprint density at radius 2 is 1.72 bits per heavy atom. The van der Waals surface area contributed by atoms with E-state index in [1.165, 1.54) is 26.4 Å². The summed E-state index contributed by atoms with van der Waals surface area (Å²) in [6.45, 7) is 6.34. The maximum atomic E-state index is 15.1. The second kappa shape index (κ2) is 24.0. The number of aliphatic hydroxyl groups is 2. The number of nitro benzene ring substituents is 1. The number of rotatable bonds is 23. The molecule has 3 N–H and O–H groups in total. The number of carbonyl (C=O) groups is 2. The fraction of sp³-hybridized carbons (Fsp3) is 0.407. The second-order valence-corrected chi connectivity index (χ2v) is 17.7. The molecule has 17 heteroatoms. The Balaban J connectivity index is 1.41. The molecule has 1 heterocycles. The summed E-state index contributed by atoms with van der Waals surface area (Å²) >= 11 is 0. The van der Waals surface area contributed by atoms with Crippen LogP contribution in [0.15, 0.2) is 114 Å². The number of nitrogens with zero attached hydrogens (tertiary/aromatic N) is 4. The minimum atomic E-state index is -1.57. The molecule has 0 unspecified atom stereocenters. The van der Waals surface area contributed by atoms with E-state index >= 15 is 4.79 Å². The minimum absolute atomic E-state index is 0.00363. The van der Waals surface area contributed by atoms with Crippen LogP contribution in [0.3, 0.4) is 0 Å². The quantitative estimate of drug-likeness (QED) is 0.0273. The van der Waals surface area contributed by atoms with Crippen LogP contribution in [0.5, 0.6) is 23.0 Å². The molecule has 1 fully saturated rings. The zero-order valence-corrected chi connectivity index (χ0v) is 40.3. The van der Waals surface area contributed by atoms with Crippen LogP contribution in [0.25, 0.3) is 0 Å². The standard InChI is InChI=1S/C54H61N5O12/c1-5-25-58(52(62)37-17-13-35(33-55)14-18-37)49-32-46(57-69-34-36-15-19-39(20-16-36)59(64)65)43-29-38(11-7-9-26-60)42(12-8-10-27-61)50-44-30-41(22-24-47(44)71-54(49,51(43)50)68-28-6-2)70-53(63)56-45-23-21-40(66-3)31-48(45)67-4/h6,13-24,29-31,38,42,49-51,60-61H,2,5,7-12,25-28,32,34H2,1,3-4H3,(H,56,63)/t38-,42+,49-,50+,51+,54+/m0/s1. The first-order valence-electron chi connectivity index (χ1n) is 24.0. The fourth-order valence-electron chi connectivity index (χ4n) is 10.2. The molecule has 0 bridgehead atoms. The van der Waals surface area contributed by atoms with E-state index in [1.807, 2.05) is 13.0 Å². The van der Waals surface area contributed by atoms with Gasteiger partial charge in [-0.2, -0.15) is 5.26 Å². The number of benzene rings is 4. The van der Waals surface area contributed by atoms with Crippen molar-refractivity contribution in [2.24, 2.45) is 22.9 Å². The number of amides is 2. The number of ether oxygens (including phenoxy) is 5. The molecule has 0 aromatic heterocycles. The van der Waals surface area contributed by atoms with Crippen molar-refractivity contribution in [2.45, 2.75) is 82.6 Å². The van der Waals surface area contributed by atoms with Gasteiger partial charge in [0.15, 0.2) is 0 Å². The summed E-state index contributed by atoms with van der Waals surface area (Å²) in [5, 5.41) is 48.7. The molecule has 374 valence electrons. The largest absolute Gasteiger partial charge is 0.497 e. The van der Waals surface area contributed by atoms with Gasteiger partial charge < -0.3 is 43.6 Å². The van der Waals surface area contributed by atoms with Crippen LogP contribution < -0.4 is 24.3 Å². The molecule has 7 rings (SSSR count). The van der Waals surface area contributed by atoms with E-state index in [1.54, 1.807) is 77.7 Å². The minimum Gasteiger partial charge on any atom is -0.497 e. The number of aliphatic hydroxyl groups excluding tert-OH is 2. The van der Waals surface area contributed by atoms with Crippen molar-refractivity contribution in [3.8, 4) is 29.1 Å². The highest BCUT2D eigenvalue weighted by Crippen LogP contribution is 2.62. The number of nitriles is 1. The van der Waals surface area contributed by atoms with Crippen LogP contribution in [-0.4, -0.2) is 90.2 Å². The number of nitro groups is 1. The number of hydrogen-bond donors (Lipinski definition) is 3. The summed E-state index contributed by atoms with van der Waals surface area (Å²) in [5.74, 6) is -1.57. The first-order valence-corrected chi connectivity index (χ1v) is 24.0. The molecule has 71 heavy (non-hydrogen) atoms. The molecule has 0 spiro atoms. The molecule has 6 atom stereocenters. The Morgan fingerprint density at radius 3 is 2.38 bits per heavy atom. The zero-order valence-electron chi connectivity index (χ0n) is 40.3. The number of methoxy groups -OCH3 is 2. The Hall–Kier alpha value is -7.26. The maximum absolute atomic E-state index is 15.1. The van der Waals surface area contributed by atoms with Crippen LogP contribution >= 0.6 is 0 Å². The number of hydrogen-bond acceptors (Lipinski definition) is 14. The summed E-state index contributed by atoms with van der Waals surface area (Å²) in [4.78, 5) is 47.6. The van der Waals surface area contributed by atoms with E-state index in [-0.39, 0.29) is 68.6 Å². The summed E-state index contributed by atoms with van der Waals surface area (Å²) in [5.41, 5.74) is 3.79. The van der Waals surface area contributed by atoms with Crippen LogP contribution in [0.1, 0.15) is 91.3 Å². The first kappa shape index (κ1) is 51.6. The van der Waals surface area contributed by atoms with Crippen LogP contribution in [0.4, 0.5) is 16.2 Å². The molecule has 0 radical (unpaired) electrons. The topological polar surface area (TPSA) is 225 Å². The number of nitrogens with one attached hydrogen (secondary N) is 1. The molecule has 4 aromatic carbocycles. The van der Waals surface area contributed by atoms with Gasteiger partial charge in [0.1, 0.15) is 35.6 Å². The van der Waals surface area contributed by atoms with E-state index in [2.05, 4.69) is 24.0 Å². The lowest BCUT2D eigenvalue weighted by atomic mass is 9.55. The Labute approximate surface area is 413 Å². The van der Waals surface area contributed by atoms with Crippen molar-refractivity contribution >= 4 is 29.1 Å². The highest BCUT2D eigenvalue weighted by molar-refractivity contribution is 6.03. The van der Waals surface area contributed by atoms with E-state index in [0.717, 1.165) is 11.1 Å². The third-order valence-electron chi connectivity index (χ3n) is 13.4. The number of allylic oxidation sites excluding steroid dienone is 1. The van der Waals surface area contributed by atoms with Gasteiger partial charge in [0.25, 0.3) is 11.6 Å². The summed E-state index contributed by atoms with van der Waals surface area (Å²) in [6.07, 6.45) is 7.69. The predicted molar refractivity (Wildman–Crippen MR) is 265 cm³/mol. The van der Waals surface area contributed by atoms with Gasteiger partial charge >= 0.3 is 6.09 Å². The molecule has 1 aliphatic heterocycles. The predicted octanol–water partition coefficient (Wildman–Crippen LogP) is 9.48. The second-order valence-electron chi connectivity index (χ2n) is 17.7. The van der Waals surface area contributed by atoms with Crippen LogP contribution in [-0.2, 0) is 16.2 Å². The molecule has 4 aromatic rings. The number of unbranched alkanes of at least 4 members (excludes halogenated alkanes) is 2. The highest BCUT2D eigenvalue weighted by Gasteiger charge is 2.65. The molecule has 2 amide bonds. The van der Waals surface area contributed by atoms with Crippen molar-refractivity contribution in [2.75, 3.05) is 45.9 Å². The third-order valence-corrected chi connectivity index (χ3v) is 13.4. The summed E-state index contributed by atoms with van der Waals surface area (Å²) in [7, 11) is 3.01. The molecule has 17 nitrogen and oxygen atoms in total. The van der Waals surface area contributed by atoms with E-state index < -0.39 is 34.7 Å². The smallest absolute Gasteiger partial charge is 0.417 e. The molecular weight excluding hydrogens is 911 g/mol. The lowest BCUT2D eigenvalue weighted by Crippen LogP contribution is -2.70. The average Bonchev–Trinajstić information content (AvgIpc) is 3.38. The van der Waals surface area contributed by atoms with Gasteiger partial charge in [0, 0.05) is 61.4 Å². The van der Waals surface area contributed by atoms with Gasteiger partial charge in [0.05, 0.1) is 54.7 Å². The van der Waals surface area contributed by atoms with Crippen molar-refractivity contribution in [1.82, 2.24) is 4.90 Å².